The maximum Gasteiger partial charge on any atom is 0.272 e. The second kappa shape index (κ2) is 8.57. The fraction of sp³-hybridized carbons (Fsp3) is 0.158. The monoisotopic (exact) mass is 349 g/mol. The van der Waals surface area contributed by atoms with Crippen molar-refractivity contribution in [1.82, 2.24) is 20.5 Å². The smallest absolute Gasteiger partial charge is 0.272 e. The van der Waals surface area contributed by atoms with E-state index < -0.39 is 0 Å². The minimum Gasteiger partial charge on any atom is -0.492 e. The van der Waals surface area contributed by atoms with Crippen LogP contribution >= 0.6 is 0 Å². The zero-order chi connectivity index (χ0) is 18.2. The maximum atomic E-state index is 12.2. The number of nitrogens with one attached hydrogen (secondary N) is 2. The molecule has 0 atom stereocenters. The Kier molecular flexibility index (Phi) is 5.72. The number of hydrogen-bond acceptors (Lipinski definition) is 6. The van der Waals surface area contributed by atoms with Crippen LogP contribution in [0.3, 0.4) is 0 Å². The number of amides is 1. The maximum absolute atomic E-state index is 12.2. The summed E-state index contributed by atoms with van der Waals surface area (Å²) in [5.74, 6) is 0.971. The molecule has 1 amide bonds. The third kappa shape index (κ3) is 4.54. The summed E-state index contributed by atoms with van der Waals surface area (Å²) in [6.45, 7) is 2.88. The summed E-state index contributed by atoms with van der Waals surface area (Å²) in [6.07, 6.45) is 3.39. The number of pyridine rings is 1. The first-order chi connectivity index (χ1) is 12.8. The quantitative estimate of drug-likeness (QED) is 0.682. The lowest BCUT2D eigenvalue weighted by Crippen LogP contribution is -2.24. The van der Waals surface area contributed by atoms with Crippen LogP contribution in [0, 0.1) is 0 Å². The topological polar surface area (TPSA) is 89.0 Å². The minimum atomic E-state index is -0.289. The van der Waals surface area contributed by atoms with Gasteiger partial charge in [0.25, 0.3) is 5.91 Å². The SMILES string of the molecule is CCOc1ccccc1Nc1ccc(C(=O)NCc2cccnc2)nn1. The minimum absolute atomic E-state index is 0.248. The van der Waals surface area contributed by atoms with E-state index in [0.29, 0.717) is 19.0 Å². The van der Waals surface area contributed by atoms with Crippen molar-refractivity contribution in [2.24, 2.45) is 0 Å². The molecule has 0 aliphatic carbocycles. The first-order valence-electron chi connectivity index (χ1n) is 8.26. The molecule has 2 N–H and O–H groups in total. The summed E-state index contributed by atoms with van der Waals surface area (Å²) in [5, 5.41) is 14.0. The Morgan fingerprint density at radius 3 is 2.69 bits per heavy atom. The molecule has 2 heterocycles. The second-order valence-corrected chi connectivity index (χ2v) is 5.40. The third-order valence-corrected chi connectivity index (χ3v) is 3.52. The molecule has 7 heteroatoms. The zero-order valence-corrected chi connectivity index (χ0v) is 14.3. The molecule has 0 aliphatic heterocycles. The van der Waals surface area contributed by atoms with Gasteiger partial charge in [-0.25, -0.2) is 0 Å². The van der Waals surface area contributed by atoms with Crippen molar-refractivity contribution < 1.29 is 9.53 Å². The van der Waals surface area contributed by atoms with Crippen LogP contribution in [0.15, 0.2) is 60.9 Å². The Hall–Kier alpha value is -3.48. The number of rotatable bonds is 7. The lowest BCUT2D eigenvalue weighted by Gasteiger charge is -2.11. The predicted octanol–water partition coefficient (Wildman–Crippen LogP) is 2.94. The van der Waals surface area contributed by atoms with Gasteiger partial charge in [-0.15, -0.1) is 10.2 Å². The number of nitrogens with zero attached hydrogens (tertiary/aromatic N) is 3. The van der Waals surface area contributed by atoms with E-state index in [-0.39, 0.29) is 11.6 Å². The van der Waals surface area contributed by atoms with Crippen molar-refractivity contribution in [3.63, 3.8) is 0 Å². The Bertz CT molecular complexity index is 853. The number of para-hydroxylation sites is 2. The molecule has 0 aliphatic rings. The number of hydrogen-bond donors (Lipinski definition) is 2. The number of carbonyl (C=O) groups excluding carboxylic acids is 1. The van der Waals surface area contributed by atoms with Gasteiger partial charge < -0.3 is 15.4 Å². The number of carbonyl (C=O) groups is 1. The van der Waals surface area contributed by atoms with Crippen LogP contribution in [-0.2, 0) is 6.54 Å². The lowest BCUT2D eigenvalue weighted by molar-refractivity contribution is 0.0945. The summed E-state index contributed by atoms with van der Waals surface area (Å²) >= 11 is 0. The van der Waals surface area contributed by atoms with Crippen molar-refractivity contribution in [2.45, 2.75) is 13.5 Å². The highest BCUT2D eigenvalue weighted by atomic mass is 16.5. The Labute approximate surface area is 151 Å². The average molecular weight is 349 g/mol. The predicted molar refractivity (Wildman–Crippen MR) is 98.3 cm³/mol. The van der Waals surface area contributed by atoms with E-state index in [1.807, 2.05) is 43.3 Å². The first-order valence-corrected chi connectivity index (χ1v) is 8.26. The lowest BCUT2D eigenvalue weighted by atomic mass is 10.2. The van der Waals surface area contributed by atoms with E-state index in [0.717, 1.165) is 17.0 Å². The van der Waals surface area contributed by atoms with Crippen molar-refractivity contribution >= 4 is 17.4 Å². The second-order valence-electron chi connectivity index (χ2n) is 5.40. The molecule has 7 nitrogen and oxygen atoms in total. The summed E-state index contributed by atoms with van der Waals surface area (Å²) < 4.78 is 5.57. The summed E-state index contributed by atoms with van der Waals surface area (Å²) in [6, 6.07) is 14.6. The van der Waals surface area contributed by atoms with Crippen molar-refractivity contribution in [3.05, 3.63) is 72.2 Å². The molecule has 3 aromatic rings. The van der Waals surface area contributed by atoms with Gasteiger partial charge in [-0.3, -0.25) is 9.78 Å². The molecule has 132 valence electrons. The molecule has 2 aromatic heterocycles. The molecule has 0 spiro atoms. The summed E-state index contributed by atoms with van der Waals surface area (Å²) in [4.78, 5) is 16.2. The summed E-state index contributed by atoms with van der Waals surface area (Å²) in [7, 11) is 0. The molecule has 0 saturated carbocycles. The molecule has 26 heavy (non-hydrogen) atoms. The molecule has 0 radical (unpaired) electrons. The molecule has 0 saturated heterocycles. The largest absolute Gasteiger partial charge is 0.492 e. The van der Waals surface area contributed by atoms with Gasteiger partial charge >= 0.3 is 0 Å². The van der Waals surface area contributed by atoms with Gasteiger partial charge in [0.15, 0.2) is 11.5 Å². The van der Waals surface area contributed by atoms with Gasteiger partial charge in [0.05, 0.1) is 12.3 Å². The summed E-state index contributed by atoms with van der Waals surface area (Å²) in [5.41, 5.74) is 1.95. The van der Waals surface area contributed by atoms with Crippen LogP contribution in [-0.4, -0.2) is 27.7 Å². The van der Waals surface area contributed by atoms with E-state index >= 15 is 0 Å². The number of ether oxygens (including phenoxy) is 1. The highest BCUT2D eigenvalue weighted by molar-refractivity contribution is 5.92. The normalized spacial score (nSPS) is 10.2. The highest BCUT2D eigenvalue weighted by Crippen LogP contribution is 2.26. The number of aromatic nitrogens is 3. The molecular formula is C19H19N5O2. The van der Waals surface area contributed by atoms with E-state index in [1.165, 1.54) is 0 Å². The number of benzene rings is 1. The number of anilines is 2. The van der Waals surface area contributed by atoms with Crippen LogP contribution in [0.1, 0.15) is 23.0 Å². The molecule has 0 bridgehead atoms. The fourth-order valence-electron chi connectivity index (χ4n) is 2.28. The van der Waals surface area contributed by atoms with Gasteiger partial charge in [-0.05, 0) is 42.8 Å². The molecule has 0 unspecified atom stereocenters. The van der Waals surface area contributed by atoms with E-state index in [2.05, 4.69) is 25.8 Å². The Morgan fingerprint density at radius 2 is 1.96 bits per heavy atom. The first kappa shape index (κ1) is 17.3. The molecule has 0 fully saturated rings. The Morgan fingerprint density at radius 1 is 1.08 bits per heavy atom. The van der Waals surface area contributed by atoms with Crippen LogP contribution < -0.4 is 15.4 Å². The third-order valence-electron chi connectivity index (χ3n) is 3.52. The van der Waals surface area contributed by atoms with Gasteiger partial charge in [-0.2, -0.15) is 0 Å². The standard InChI is InChI=1S/C19H19N5O2/c1-2-26-17-8-4-3-7-15(17)22-18-10-9-16(23-24-18)19(25)21-13-14-6-5-11-20-12-14/h3-12H,2,13H2,1H3,(H,21,25)(H,22,24). The Balaban J connectivity index is 1.62. The van der Waals surface area contributed by atoms with Crippen LogP contribution in [0.25, 0.3) is 0 Å². The van der Waals surface area contributed by atoms with E-state index in [4.69, 9.17) is 4.74 Å². The van der Waals surface area contributed by atoms with Gasteiger partial charge in [-0.1, -0.05) is 18.2 Å². The average Bonchev–Trinajstić information content (AvgIpc) is 2.69. The highest BCUT2D eigenvalue weighted by Gasteiger charge is 2.09. The van der Waals surface area contributed by atoms with Crippen LogP contribution in [0.4, 0.5) is 11.5 Å². The van der Waals surface area contributed by atoms with Crippen molar-refractivity contribution in [2.75, 3.05) is 11.9 Å². The molecule has 1 aromatic carbocycles. The fourth-order valence-corrected chi connectivity index (χ4v) is 2.28. The van der Waals surface area contributed by atoms with Gasteiger partial charge in [0.1, 0.15) is 5.75 Å². The van der Waals surface area contributed by atoms with Gasteiger partial charge in [0, 0.05) is 18.9 Å². The van der Waals surface area contributed by atoms with Crippen molar-refractivity contribution in [1.29, 1.82) is 0 Å². The molecular weight excluding hydrogens is 330 g/mol. The van der Waals surface area contributed by atoms with E-state index in [9.17, 15) is 4.79 Å². The van der Waals surface area contributed by atoms with E-state index in [1.54, 1.807) is 24.5 Å². The van der Waals surface area contributed by atoms with Crippen molar-refractivity contribution in [3.8, 4) is 5.75 Å². The van der Waals surface area contributed by atoms with Crippen LogP contribution in [0.2, 0.25) is 0 Å². The molecule has 3 rings (SSSR count). The zero-order valence-electron chi connectivity index (χ0n) is 14.3. The van der Waals surface area contributed by atoms with Crippen LogP contribution in [0.5, 0.6) is 5.75 Å². The van der Waals surface area contributed by atoms with Gasteiger partial charge in [0.2, 0.25) is 0 Å².